The Morgan fingerprint density at radius 3 is 3.07 bits per heavy atom. The van der Waals surface area contributed by atoms with Crippen LogP contribution in [-0.4, -0.2) is 41.3 Å². The van der Waals surface area contributed by atoms with Crippen molar-refractivity contribution in [3.05, 3.63) is 16.1 Å². The van der Waals surface area contributed by atoms with Gasteiger partial charge in [0.25, 0.3) is 5.91 Å². The molecule has 5 nitrogen and oxygen atoms in total. The first-order valence-corrected chi connectivity index (χ1v) is 5.52. The number of nitrogens with zero attached hydrogens (tertiary/aromatic N) is 2. The van der Waals surface area contributed by atoms with Crippen LogP contribution in [0.3, 0.4) is 0 Å². The van der Waals surface area contributed by atoms with E-state index in [0.29, 0.717) is 18.0 Å². The highest BCUT2D eigenvalue weighted by Gasteiger charge is 2.24. The first-order valence-electron chi connectivity index (χ1n) is 4.64. The Balaban J connectivity index is 2.14. The summed E-state index contributed by atoms with van der Waals surface area (Å²) < 4.78 is 0. The van der Waals surface area contributed by atoms with Gasteiger partial charge in [-0.1, -0.05) is 0 Å². The van der Waals surface area contributed by atoms with Crippen LogP contribution in [-0.2, 0) is 4.79 Å². The van der Waals surface area contributed by atoms with E-state index >= 15 is 0 Å². The monoisotopic (exact) mass is 225 g/mol. The van der Waals surface area contributed by atoms with Crippen LogP contribution >= 0.6 is 11.3 Å². The van der Waals surface area contributed by atoms with Crippen LogP contribution in [0.2, 0.25) is 0 Å². The van der Waals surface area contributed by atoms with Gasteiger partial charge in [0.1, 0.15) is 4.88 Å². The van der Waals surface area contributed by atoms with Crippen molar-refractivity contribution in [1.29, 1.82) is 0 Å². The zero-order valence-electron chi connectivity index (χ0n) is 8.32. The van der Waals surface area contributed by atoms with E-state index in [0.717, 1.165) is 5.69 Å². The molecular formula is C9H11N3O2S. The number of aryl methyl sites for hydroxylation is 1. The summed E-state index contributed by atoms with van der Waals surface area (Å²) in [5.74, 6) is -0.193. The fraction of sp³-hybridized carbons (Fsp3) is 0.444. The Bertz CT molecular complexity index is 402. The Hall–Kier alpha value is -1.43. The number of rotatable bonds is 1. The van der Waals surface area contributed by atoms with Crippen molar-refractivity contribution in [3.8, 4) is 0 Å². The third-order valence-electron chi connectivity index (χ3n) is 2.27. The molecule has 0 bridgehead atoms. The molecule has 6 heteroatoms. The highest BCUT2D eigenvalue weighted by Crippen LogP contribution is 2.15. The third-order valence-corrected chi connectivity index (χ3v) is 3.18. The average Bonchev–Trinajstić information content (AvgIpc) is 2.63. The zero-order chi connectivity index (χ0) is 10.8. The smallest absolute Gasteiger partial charge is 0.266 e. The Labute approximate surface area is 91.1 Å². The summed E-state index contributed by atoms with van der Waals surface area (Å²) in [7, 11) is 0. The summed E-state index contributed by atoms with van der Waals surface area (Å²) >= 11 is 1.32. The van der Waals surface area contributed by atoms with Crippen molar-refractivity contribution in [1.82, 2.24) is 15.2 Å². The number of carbonyl (C=O) groups is 2. The fourth-order valence-corrected chi connectivity index (χ4v) is 2.23. The molecule has 2 heterocycles. The van der Waals surface area contributed by atoms with Crippen LogP contribution in [0.25, 0.3) is 0 Å². The number of hydrogen-bond acceptors (Lipinski definition) is 4. The van der Waals surface area contributed by atoms with Gasteiger partial charge in [-0.15, -0.1) is 11.3 Å². The van der Waals surface area contributed by atoms with E-state index in [4.69, 9.17) is 0 Å². The van der Waals surface area contributed by atoms with Crippen LogP contribution in [0, 0.1) is 6.92 Å². The van der Waals surface area contributed by atoms with E-state index in [1.54, 1.807) is 17.3 Å². The van der Waals surface area contributed by atoms with Gasteiger partial charge in [-0.3, -0.25) is 9.59 Å². The molecule has 1 fully saturated rings. The molecule has 1 N–H and O–H groups in total. The standard InChI is InChI=1S/C9H11N3O2S/c1-6-8(15-5-11-6)9(14)12-3-2-10-7(13)4-12/h5H,2-4H2,1H3,(H,10,13). The van der Waals surface area contributed by atoms with Crippen molar-refractivity contribution >= 4 is 23.2 Å². The summed E-state index contributed by atoms with van der Waals surface area (Å²) in [6, 6.07) is 0. The summed E-state index contributed by atoms with van der Waals surface area (Å²) in [6.45, 7) is 3.05. The number of carbonyl (C=O) groups excluding carboxylic acids is 2. The molecule has 0 unspecified atom stereocenters. The van der Waals surface area contributed by atoms with Crippen LogP contribution in [0.1, 0.15) is 15.4 Å². The third kappa shape index (κ3) is 1.99. The van der Waals surface area contributed by atoms with Crippen LogP contribution < -0.4 is 5.32 Å². The average molecular weight is 225 g/mol. The largest absolute Gasteiger partial charge is 0.353 e. The molecule has 80 valence electrons. The lowest BCUT2D eigenvalue weighted by Gasteiger charge is -2.26. The highest BCUT2D eigenvalue weighted by atomic mass is 32.1. The maximum atomic E-state index is 11.9. The highest BCUT2D eigenvalue weighted by molar-refractivity contribution is 7.11. The molecule has 1 aromatic rings. The quantitative estimate of drug-likeness (QED) is 0.733. The lowest BCUT2D eigenvalue weighted by molar-refractivity contribution is -0.123. The molecule has 0 atom stereocenters. The van der Waals surface area contributed by atoms with Crippen molar-refractivity contribution in [3.63, 3.8) is 0 Å². The van der Waals surface area contributed by atoms with Crippen molar-refractivity contribution < 1.29 is 9.59 Å². The van der Waals surface area contributed by atoms with E-state index in [-0.39, 0.29) is 18.4 Å². The minimum Gasteiger partial charge on any atom is -0.353 e. The molecule has 2 amide bonds. The zero-order valence-corrected chi connectivity index (χ0v) is 9.13. The van der Waals surface area contributed by atoms with Gasteiger partial charge in [-0.05, 0) is 6.92 Å². The van der Waals surface area contributed by atoms with E-state index in [1.165, 1.54) is 11.3 Å². The van der Waals surface area contributed by atoms with E-state index < -0.39 is 0 Å². The number of hydrogen-bond donors (Lipinski definition) is 1. The predicted molar refractivity (Wildman–Crippen MR) is 55.8 cm³/mol. The normalized spacial score (nSPS) is 16.3. The molecule has 0 aliphatic carbocycles. The molecule has 0 spiro atoms. The minimum absolute atomic E-state index is 0.0927. The van der Waals surface area contributed by atoms with Crippen molar-refractivity contribution in [2.24, 2.45) is 0 Å². The predicted octanol–water partition coefficient (Wildman–Crippen LogP) is 0.0235. The van der Waals surface area contributed by atoms with Gasteiger partial charge >= 0.3 is 0 Å². The molecule has 15 heavy (non-hydrogen) atoms. The number of amides is 2. The van der Waals surface area contributed by atoms with Gasteiger partial charge in [-0.2, -0.15) is 0 Å². The second-order valence-electron chi connectivity index (χ2n) is 3.34. The van der Waals surface area contributed by atoms with E-state index in [9.17, 15) is 9.59 Å². The van der Waals surface area contributed by atoms with Gasteiger partial charge in [0.15, 0.2) is 0 Å². The maximum absolute atomic E-state index is 11.9. The number of piperazine rings is 1. The first kappa shape index (κ1) is 10.1. The molecule has 1 saturated heterocycles. The van der Waals surface area contributed by atoms with Crippen LogP contribution in [0.4, 0.5) is 0 Å². The van der Waals surface area contributed by atoms with Gasteiger partial charge in [0.05, 0.1) is 17.7 Å². The molecule has 1 aliphatic rings. The summed E-state index contributed by atoms with van der Waals surface area (Å²) in [6.07, 6.45) is 0. The lowest BCUT2D eigenvalue weighted by atomic mass is 10.3. The van der Waals surface area contributed by atoms with Crippen molar-refractivity contribution in [2.45, 2.75) is 6.92 Å². The Kier molecular flexibility index (Phi) is 2.68. The molecule has 2 rings (SSSR count). The molecule has 1 aromatic heterocycles. The SMILES string of the molecule is Cc1ncsc1C(=O)N1CCNC(=O)C1. The lowest BCUT2D eigenvalue weighted by Crippen LogP contribution is -2.49. The summed E-state index contributed by atoms with van der Waals surface area (Å²) in [4.78, 5) is 29.3. The Morgan fingerprint density at radius 1 is 1.67 bits per heavy atom. The molecule has 0 radical (unpaired) electrons. The van der Waals surface area contributed by atoms with Crippen LogP contribution in [0.15, 0.2) is 5.51 Å². The summed E-state index contributed by atoms with van der Waals surface area (Å²) in [5.41, 5.74) is 2.38. The van der Waals surface area contributed by atoms with Gasteiger partial charge in [0.2, 0.25) is 5.91 Å². The van der Waals surface area contributed by atoms with Crippen LogP contribution in [0.5, 0.6) is 0 Å². The van der Waals surface area contributed by atoms with Crippen molar-refractivity contribution in [2.75, 3.05) is 19.6 Å². The maximum Gasteiger partial charge on any atom is 0.266 e. The Morgan fingerprint density at radius 2 is 2.47 bits per heavy atom. The molecular weight excluding hydrogens is 214 g/mol. The second-order valence-corrected chi connectivity index (χ2v) is 4.20. The molecule has 0 saturated carbocycles. The van der Waals surface area contributed by atoms with E-state index in [2.05, 4.69) is 10.3 Å². The first-order chi connectivity index (χ1) is 7.18. The molecule has 1 aliphatic heterocycles. The number of thiazole rings is 1. The molecule has 0 aromatic carbocycles. The second kappa shape index (κ2) is 3.98. The topological polar surface area (TPSA) is 62.3 Å². The minimum atomic E-state index is -0.100. The van der Waals surface area contributed by atoms with Gasteiger partial charge in [0, 0.05) is 13.1 Å². The number of nitrogens with one attached hydrogen (secondary N) is 1. The van der Waals surface area contributed by atoms with Gasteiger partial charge < -0.3 is 10.2 Å². The summed E-state index contributed by atoms with van der Waals surface area (Å²) in [5, 5.41) is 2.68. The van der Waals surface area contributed by atoms with E-state index in [1.807, 2.05) is 0 Å². The fourth-order valence-electron chi connectivity index (χ4n) is 1.46. The van der Waals surface area contributed by atoms with Gasteiger partial charge in [-0.25, -0.2) is 4.98 Å². The number of aromatic nitrogens is 1.